The van der Waals surface area contributed by atoms with Crippen molar-refractivity contribution in [1.29, 1.82) is 0 Å². The van der Waals surface area contributed by atoms with Crippen LogP contribution in [0, 0.1) is 15.2 Å². The highest BCUT2D eigenvalue weighted by Crippen LogP contribution is 2.19. The van der Waals surface area contributed by atoms with Crippen LogP contribution in [0.15, 0.2) is 12.1 Å². The molecule has 1 amide bonds. The van der Waals surface area contributed by atoms with E-state index in [1.165, 1.54) is 4.90 Å². The van der Waals surface area contributed by atoms with Crippen molar-refractivity contribution in [3.05, 3.63) is 32.9 Å². The summed E-state index contributed by atoms with van der Waals surface area (Å²) in [5.74, 6) is -2.35. The van der Waals surface area contributed by atoms with Crippen molar-refractivity contribution in [3.8, 4) is 0 Å². The van der Waals surface area contributed by atoms with Gasteiger partial charge in [-0.1, -0.05) is 0 Å². The molecule has 0 aliphatic carbocycles. The third kappa shape index (κ3) is 3.76. The van der Waals surface area contributed by atoms with Crippen LogP contribution in [0.1, 0.15) is 17.3 Å². The molecule has 0 saturated carbocycles. The van der Waals surface area contributed by atoms with Gasteiger partial charge in [0, 0.05) is 23.2 Å². The highest BCUT2D eigenvalue weighted by Gasteiger charge is 2.20. The molecule has 1 aromatic rings. The van der Waals surface area contributed by atoms with Crippen LogP contribution in [0.3, 0.4) is 0 Å². The van der Waals surface area contributed by atoms with Crippen molar-refractivity contribution in [3.63, 3.8) is 0 Å². The first-order valence-corrected chi connectivity index (χ1v) is 6.08. The maximum atomic E-state index is 13.1. The van der Waals surface area contributed by atoms with Crippen molar-refractivity contribution in [2.24, 2.45) is 5.73 Å². The number of carbonyl (C=O) groups is 1. The maximum absolute atomic E-state index is 13.1. The number of halogens is 4. The molecule has 0 aromatic heterocycles. The minimum Gasteiger partial charge on any atom is -0.338 e. The monoisotopic (exact) mass is 390 g/mol. The molecule has 0 aliphatic heterocycles. The predicted molar refractivity (Wildman–Crippen MR) is 76.9 cm³/mol. The average Bonchev–Trinajstić information content (AvgIpc) is 2.31. The molecule has 1 atom stereocenters. The van der Waals surface area contributed by atoms with E-state index in [0.29, 0.717) is 10.1 Å². The maximum Gasteiger partial charge on any atom is 0.255 e. The van der Waals surface area contributed by atoms with E-state index in [1.54, 1.807) is 36.6 Å². The number of likely N-dealkylation sites (N-methyl/N-ethyl adjacent to an activating group) is 1. The van der Waals surface area contributed by atoms with E-state index < -0.39 is 11.6 Å². The number of carbonyl (C=O) groups excluding carboxylic acids is 1. The van der Waals surface area contributed by atoms with E-state index in [4.69, 9.17) is 5.73 Å². The van der Waals surface area contributed by atoms with E-state index in [2.05, 4.69) is 0 Å². The standard InChI is InChI=1S/C11H13F2IN2O.ClH/c1-6(5-15)16(2)11(17)7-3-8(12)9(13)4-10(7)14;/h3-4,6H,5,15H2,1-2H3;1H. The molecule has 1 aromatic carbocycles. The predicted octanol–water partition coefficient (Wildman–Crippen LogP) is 2.41. The Morgan fingerprint density at radius 2 is 1.94 bits per heavy atom. The fraction of sp³-hybridized carbons (Fsp3) is 0.364. The van der Waals surface area contributed by atoms with Crippen LogP contribution in [-0.4, -0.2) is 30.4 Å². The quantitative estimate of drug-likeness (QED) is 0.636. The van der Waals surface area contributed by atoms with Gasteiger partial charge in [0.2, 0.25) is 0 Å². The van der Waals surface area contributed by atoms with Crippen molar-refractivity contribution in [1.82, 2.24) is 4.90 Å². The molecule has 0 heterocycles. The molecule has 0 spiro atoms. The zero-order chi connectivity index (χ0) is 13.2. The van der Waals surface area contributed by atoms with Crippen LogP contribution in [-0.2, 0) is 0 Å². The van der Waals surface area contributed by atoms with Crippen molar-refractivity contribution < 1.29 is 13.6 Å². The first-order chi connectivity index (χ1) is 7.88. The molecular formula is C11H14ClF2IN2O. The third-order valence-electron chi connectivity index (χ3n) is 2.56. The van der Waals surface area contributed by atoms with Crippen molar-refractivity contribution >= 4 is 40.9 Å². The first kappa shape index (κ1) is 17.5. The molecule has 2 N–H and O–H groups in total. The normalized spacial score (nSPS) is 11.7. The molecule has 0 aliphatic rings. The zero-order valence-corrected chi connectivity index (χ0v) is 12.9. The van der Waals surface area contributed by atoms with Crippen LogP contribution >= 0.6 is 35.0 Å². The van der Waals surface area contributed by atoms with Gasteiger partial charge in [0.1, 0.15) is 0 Å². The molecule has 102 valence electrons. The van der Waals surface area contributed by atoms with Gasteiger partial charge in [-0.05, 0) is 41.6 Å². The summed E-state index contributed by atoms with van der Waals surface area (Å²) in [5, 5.41) is 0. The van der Waals surface area contributed by atoms with Crippen LogP contribution < -0.4 is 5.73 Å². The summed E-state index contributed by atoms with van der Waals surface area (Å²) in [6.45, 7) is 2.09. The minimum atomic E-state index is -1.03. The topological polar surface area (TPSA) is 46.3 Å². The second-order valence-electron chi connectivity index (χ2n) is 3.75. The Kier molecular flexibility index (Phi) is 7.01. The van der Waals surface area contributed by atoms with Crippen LogP contribution in [0.25, 0.3) is 0 Å². The summed E-state index contributed by atoms with van der Waals surface area (Å²) < 4.78 is 26.4. The lowest BCUT2D eigenvalue weighted by Crippen LogP contribution is -2.40. The summed E-state index contributed by atoms with van der Waals surface area (Å²) in [6, 6.07) is 1.76. The zero-order valence-electron chi connectivity index (χ0n) is 9.91. The van der Waals surface area contributed by atoms with Gasteiger partial charge in [0.15, 0.2) is 11.6 Å². The van der Waals surface area contributed by atoms with Crippen LogP contribution in [0.4, 0.5) is 8.78 Å². The fourth-order valence-electron chi connectivity index (χ4n) is 1.23. The Labute approximate surface area is 124 Å². The molecule has 18 heavy (non-hydrogen) atoms. The van der Waals surface area contributed by atoms with Gasteiger partial charge in [-0.3, -0.25) is 4.79 Å². The van der Waals surface area contributed by atoms with Gasteiger partial charge >= 0.3 is 0 Å². The van der Waals surface area contributed by atoms with Crippen LogP contribution in [0.2, 0.25) is 0 Å². The minimum absolute atomic E-state index is 0. The molecule has 0 saturated heterocycles. The molecule has 3 nitrogen and oxygen atoms in total. The van der Waals surface area contributed by atoms with E-state index in [-0.39, 0.29) is 29.9 Å². The summed E-state index contributed by atoms with van der Waals surface area (Å²) in [4.78, 5) is 13.4. The third-order valence-corrected chi connectivity index (χ3v) is 3.46. The Bertz CT molecular complexity index is 445. The number of hydrogen-bond donors (Lipinski definition) is 1. The number of rotatable bonds is 3. The highest BCUT2D eigenvalue weighted by atomic mass is 127. The van der Waals surface area contributed by atoms with Gasteiger partial charge in [-0.2, -0.15) is 0 Å². The van der Waals surface area contributed by atoms with Crippen molar-refractivity contribution in [2.45, 2.75) is 13.0 Å². The van der Waals surface area contributed by atoms with E-state index in [9.17, 15) is 13.6 Å². The molecule has 7 heteroatoms. The number of benzene rings is 1. The Hall–Kier alpha value is -0.470. The van der Waals surface area contributed by atoms with E-state index in [1.807, 2.05) is 0 Å². The number of nitrogens with two attached hydrogens (primary N) is 1. The first-order valence-electron chi connectivity index (χ1n) is 5.00. The van der Waals surface area contributed by atoms with Gasteiger partial charge in [0.25, 0.3) is 5.91 Å². The smallest absolute Gasteiger partial charge is 0.255 e. The Morgan fingerprint density at radius 1 is 1.44 bits per heavy atom. The second-order valence-corrected chi connectivity index (χ2v) is 4.91. The largest absolute Gasteiger partial charge is 0.338 e. The second kappa shape index (κ2) is 7.20. The van der Waals surface area contributed by atoms with Gasteiger partial charge in [-0.25, -0.2) is 8.78 Å². The molecule has 1 unspecified atom stereocenters. The SMILES string of the molecule is CC(CN)N(C)C(=O)c1cc(F)c(F)cc1I.Cl. The van der Waals surface area contributed by atoms with Crippen LogP contribution in [0.5, 0.6) is 0 Å². The average molecular weight is 391 g/mol. The Morgan fingerprint density at radius 3 is 2.44 bits per heavy atom. The molecule has 1 rings (SSSR count). The molecule has 0 radical (unpaired) electrons. The lowest BCUT2D eigenvalue weighted by atomic mass is 10.1. The number of hydrogen-bond acceptors (Lipinski definition) is 2. The van der Waals surface area contributed by atoms with Gasteiger partial charge in [-0.15, -0.1) is 12.4 Å². The summed E-state index contributed by atoms with van der Waals surface area (Å²) in [6.07, 6.45) is 0. The molecule has 0 fully saturated rings. The fourth-order valence-corrected chi connectivity index (χ4v) is 1.89. The van der Waals surface area contributed by atoms with E-state index in [0.717, 1.165) is 12.1 Å². The lowest BCUT2D eigenvalue weighted by molar-refractivity contribution is 0.0746. The van der Waals surface area contributed by atoms with Gasteiger partial charge in [0.05, 0.1) is 5.56 Å². The summed E-state index contributed by atoms with van der Waals surface area (Å²) in [5.41, 5.74) is 5.60. The number of nitrogens with zero attached hydrogens (tertiary/aromatic N) is 1. The number of amides is 1. The summed E-state index contributed by atoms with van der Waals surface area (Å²) >= 11 is 1.80. The molecular weight excluding hydrogens is 376 g/mol. The molecule has 0 bridgehead atoms. The Balaban J connectivity index is 0.00000289. The van der Waals surface area contributed by atoms with Crippen molar-refractivity contribution in [2.75, 3.05) is 13.6 Å². The lowest BCUT2D eigenvalue weighted by Gasteiger charge is -2.24. The van der Waals surface area contributed by atoms with Gasteiger partial charge < -0.3 is 10.6 Å². The summed E-state index contributed by atoms with van der Waals surface area (Å²) in [7, 11) is 1.58. The highest BCUT2D eigenvalue weighted by molar-refractivity contribution is 14.1. The van der Waals surface area contributed by atoms with E-state index >= 15 is 0 Å².